The minimum Gasteiger partial charge on any atom is -0.294 e. The molecule has 1 aromatic carbocycles. The molecule has 0 radical (unpaired) electrons. The molecule has 0 aliphatic carbocycles. The Bertz CT molecular complexity index is 642. The normalized spacial score (nSPS) is 10.1. The lowest BCUT2D eigenvalue weighted by atomic mass is 10.1. The fourth-order valence-electron chi connectivity index (χ4n) is 1.43. The summed E-state index contributed by atoms with van der Waals surface area (Å²) in [5.41, 5.74) is 1.08. The maximum Gasteiger partial charge on any atom is 0.213 e. The van der Waals surface area contributed by atoms with Crippen molar-refractivity contribution in [2.45, 2.75) is 23.9 Å². The van der Waals surface area contributed by atoms with Gasteiger partial charge < -0.3 is 0 Å². The van der Waals surface area contributed by atoms with Crippen LogP contribution in [-0.4, -0.2) is 21.0 Å². The number of nitrogens with zero attached hydrogens (tertiary/aromatic N) is 3. The molecule has 0 fully saturated rings. The number of carbonyl (C=O) groups excluding carboxylic acids is 1. The third-order valence-electron chi connectivity index (χ3n) is 2.27. The molecule has 1 N–H and O–H groups in total. The molecule has 18 heavy (non-hydrogen) atoms. The molecule has 0 spiro atoms. The number of ketones is 1. The number of aromatic nitrogens is 3. The second-order valence-corrected chi connectivity index (χ2v) is 4.69. The number of rotatable bonds is 3. The second kappa shape index (κ2) is 5.02. The Labute approximate surface area is 108 Å². The maximum absolute atomic E-state index is 11.5. The number of aromatic amines is 1. The summed E-state index contributed by atoms with van der Waals surface area (Å²) in [6.07, 6.45) is 0. The molecule has 5 nitrogen and oxygen atoms in total. The quantitative estimate of drug-likeness (QED) is 0.854. The van der Waals surface area contributed by atoms with Crippen molar-refractivity contribution in [2.24, 2.45) is 0 Å². The van der Waals surface area contributed by atoms with Gasteiger partial charge in [0.1, 0.15) is 5.82 Å². The molecule has 2 aromatic rings. The average molecular weight is 258 g/mol. The minimum atomic E-state index is -0.0470. The Morgan fingerprint density at radius 3 is 2.83 bits per heavy atom. The van der Waals surface area contributed by atoms with Crippen LogP contribution < -0.4 is 0 Å². The van der Waals surface area contributed by atoms with Crippen molar-refractivity contribution >= 4 is 17.5 Å². The number of nitriles is 1. The van der Waals surface area contributed by atoms with Crippen molar-refractivity contribution in [1.29, 1.82) is 5.26 Å². The zero-order chi connectivity index (χ0) is 13.1. The summed E-state index contributed by atoms with van der Waals surface area (Å²) in [4.78, 5) is 16.4. The van der Waals surface area contributed by atoms with Crippen LogP contribution in [0.4, 0.5) is 0 Å². The van der Waals surface area contributed by atoms with E-state index < -0.39 is 0 Å². The van der Waals surface area contributed by atoms with E-state index in [0.29, 0.717) is 27.0 Å². The monoisotopic (exact) mass is 258 g/mol. The van der Waals surface area contributed by atoms with E-state index >= 15 is 0 Å². The summed E-state index contributed by atoms with van der Waals surface area (Å²) in [7, 11) is 0. The zero-order valence-electron chi connectivity index (χ0n) is 9.89. The lowest BCUT2D eigenvalue weighted by Crippen LogP contribution is -1.96. The van der Waals surface area contributed by atoms with Gasteiger partial charge in [0, 0.05) is 10.5 Å². The number of hydrogen-bond acceptors (Lipinski definition) is 5. The summed E-state index contributed by atoms with van der Waals surface area (Å²) in [5.74, 6) is 0.660. The standard InChI is InChI=1S/C12H10N4OS/c1-7(17)10-4-3-9(6-13)5-11(10)18-12-14-8(2)15-16-12/h3-5H,1-2H3,(H,14,15,16). The third-order valence-corrected chi connectivity index (χ3v) is 3.19. The molecule has 0 amide bonds. The number of Topliss-reactive ketones (excluding diaryl/α,β-unsaturated/α-hetero) is 1. The van der Waals surface area contributed by atoms with E-state index in [4.69, 9.17) is 5.26 Å². The summed E-state index contributed by atoms with van der Waals surface area (Å²) in [5, 5.41) is 16.1. The molecule has 0 saturated carbocycles. The van der Waals surface area contributed by atoms with Gasteiger partial charge in [-0.2, -0.15) is 5.26 Å². The Kier molecular flexibility index (Phi) is 3.44. The third kappa shape index (κ3) is 2.57. The van der Waals surface area contributed by atoms with Crippen LogP contribution in [0, 0.1) is 18.3 Å². The van der Waals surface area contributed by atoms with Gasteiger partial charge in [-0.05, 0) is 43.8 Å². The predicted octanol–water partition coefficient (Wildman–Crippen LogP) is 2.34. The van der Waals surface area contributed by atoms with E-state index in [1.54, 1.807) is 25.1 Å². The van der Waals surface area contributed by atoms with E-state index in [-0.39, 0.29) is 5.78 Å². The molecular formula is C12H10N4OS. The highest BCUT2D eigenvalue weighted by Crippen LogP contribution is 2.29. The first kappa shape index (κ1) is 12.3. The van der Waals surface area contributed by atoms with Crippen LogP contribution in [0.1, 0.15) is 28.7 Å². The summed E-state index contributed by atoms with van der Waals surface area (Å²) in [6.45, 7) is 3.29. The van der Waals surface area contributed by atoms with Gasteiger partial charge >= 0.3 is 0 Å². The number of benzene rings is 1. The Morgan fingerprint density at radius 2 is 2.28 bits per heavy atom. The van der Waals surface area contributed by atoms with Crippen LogP contribution in [0.25, 0.3) is 0 Å². The van der Waals surface area contributed by atoms with Crippen LogP contribution in [0.2, 0.25) is 0 Å². The highest BCUT2D eigenvalue weighted by molar-refractivity contribution is 7.99. The van der Waals surface area contributed by atoms with Gasteiger partial charge in [0.25, 0.3) is 0 Å². The zero-order valence-corrected chi connectivity index (χ0v) is 10.7. The highest BCUT2D eigenvalue weighted by Gasteiger charge is 2.12. The van der Waals surface area contributed by atoms with Crippen LogP contribution in [0.5, 0.6) is 0 Å². The maximum atomic E-state index is 11.5. The molecule has 6 heteroatoms. The van der Waals surface area contributed by atoms with Crippen molar-refractivity contribution in [3.05, 3.63) is 35.2 Å². The highest BCUT2D eigenvalue weighted by atomic mass is 32.2. The fourth-order valence-corrected chi connectivity index (χ4v) is 2.41. The lowest BCUT2D eigenvalue weighted by Gasteiger charge is -2.04. The van der Waals surface area contributed by atoms with E-state index in [0.717, 1.165) is 0 Å². The van der Waals surface area contributed by atoms with E-state index in [9.17, 15) is 4.79 Å². The van der Waals surface area contributed by atoms with E-state index in [1.807, 2.05) is 0 Å². The molecule has 0 aliphatic heterocycles. The average Bonchev–Trinajstić information content (AvgIpc) is 2.74. The first-order chi connectivity index (χ1) is 8.60. The first-order valence-electron chi connectivity index (χ1n) is 5.22. The van der Waals surface area contributed by atoms with Crippen molar-refractivity contribution in [2.75, 3.05) is 0 Å². The van der Waals surface area contributed by atoms with Gasteiger partial charge in [0.05, 0.1) is 11.6 Å². The molecule has 90 valence electrons. The van der Waals surface area contributed by atoms with Crippen LogP contribution in [-0.2, 0) is 0 Å². The topological polar surface area (TPSA) is 82.4 Å². The molecule has 0 saturated heterocycles. The Balaban J connectivity index is 2.41. The molecule has 0 bridgehead atoms. The van der Waals surface area contributed by atoms with Crippen LogP contribution >= 0.6 is 11.8 Å². The van der Waals surface area contributed by atoms with Crippen LogP contribution in [0.15, 0.2) is 28.3 Å². The van der Waals surface area contributed by atoms with Crippen molar-refractivity contribution in [1.82, 2.24) is 15.2 Å². The molecule has 2 rings (SSSR count). The SMILES string of the molecule is CC(=O)c1ccc(C#N)cc1Sc1n[nH]c(C)n1. The number of H-pyrrole nitrogens is 1. The molecular weight excluding hydrogens is 248 g/mol. The second-order valence-electron chi connectivity index (χ2n) is 3.68. The molecule has 1 aromatic heterocycles. The number of nitrogens with one attached hydrogen (secondary N) is 1. The van der Waals surface area contributed by atoms with Gasteiger partial charge in [-0.15, -0.1) is 5.10 Å². The van der Waals surface area contributed by atoms with Gasteiger partial charge in [0.2, 0.25) is 5.16 Å². The van der Waals surface area contributed by atoms with Gasteiger partial charge in [0.15, 0.2) is 5.78 Å². The number of carbonyl (C=O) groups is 1. The molecule has 0 unspecified atom stereocenters. The number of aryl methyl sites for hydroxylation is 1. The van der Waals surface area contributed by atoms with Crippen molar-refractivity contribution in [3.63, 3.8) is 0 Å². The van der Waals surface area contributed by atoms with Crippen molar-refractivity contribution in [3.8, 4) is 6.07 Å². The molecule has 0 atom stereocenters. The Hall–Kier alpha value is -2.13. The van der Waals surface area contributed by atoms with Gasteiger partial charge in [-0.25, -0.2) is 4.98 Å². The summed E-state index contributed by atoms with van der Waals surface area (Å²) >= 11 is 1.27. The van der Waals surface area contributed by atoms with Crippen LogP contribution in [0.3, 0.4) is 0 Å². The molecule has 0 aliphatic rings. The predicted molar refractivity (Wildman–Crippen MR) is 66.4 cm³/mol. The first-order valence-corrected chi connectivity index (χ1v) is 6.03. The van der Waals surface area contributed by atoms with Crippen molar-refractivity contribution < 1.29 is 4.79 Å². The van der Waals surface area contributed by atoms with Gasteiger partial charge in [-0.3, -0.25) is 9.89 Å². The summed E-state index contributed by atoms with van der Waals surface area (Å²) < 4.78 is 0. The molecule has 1 heterocycles. The smallest absolute Gasteiger partial charge is 0.213 e. The minimum absolute atomic E-state index is 0.0470. The van der Waals surface area contributed by atoms with E-state index in [2.05, 4.69) is 21.3 Å². The summed E-state index contributed by atoms with van der Waals surface area (Å²) in [6, 6.07) is 7.01. The largest absolute Gasteiger partial charge is 0.294 e. The fraction of sp³-hybridized carbons (Fsp3) is 0.167. The lowest BCUT2D eigenvalue weighted by molar-refractivity contribution is 0.101. The van der Waals surface area contributed by atoms with E-state index in [1.165, 1.54) is 18.7 Å². The number of hydrogen-bond donors (Lipinski definition) is 1. The van der Waals surface area contributed by atoms with Gasteiger partial charge in [-0.1, -0.05) is 0 Å². The Morgan fingerprint density at radius 1 is 1.50 bits per heavy atom.